The highest BCUT2D eigenvalue weighted by Gasteiger charge is 2.11. The lowest BCUT2D eigenvalue weighted by Crippen LogP contribution is -2.19. The molecular formula is C14H18ClN3S. The number of aromatic nitrogens is 2. The molecule has 2 rings (SSSR count). The Morgan fingerprint density at radius 2 is 1.95 bits per heavy atom. The van der Waals surface area contributed by atoms with Gasteiger partial charge in [0.2, 0.25) is 0 Å². The molecule has 0 bridgehead atoms. The Morgan fingerprint density at radius 1 is 1.21 bits per heavy atom. The van der Waals surface area contributed by atoms with E-state index in [0.29, 0.717) is 11.2 Å². The number of halogens is 1. The summed E-state index contributed by atoms with van der Waals surface area (Å²) in [7, 11) is 0. The second kappa shape index (κ2) is 5.88. The van der Waals surface area contributed by atoms with Gasteiger partial charge in [0.15, 0.2) is 11.0 Å². The van der Waals surface area contributed by atoms with Crippen LogP contribution in [0.1, 0.15) is 27.8 Å². The molecule has 0 saturated heterocycles. The monoisotopic (exact) mass is 295 g/mol. The molecule has 19 heavy (non-hydrogen) atoms. The standard InChI is InChI=1S/C14H18ClN3S/c1-8(7-12-6-5-9(2)19-12)16-14-11(4)10(3)13(15)17-18-14/h5-6,8H,7H2,1-4H3,(H,16,18). The number of thiophene rings is 1. The van der Waals surface area contributed by atoms with E-state index >= 15 is 0 Å². The second-order valence-corrected chi connectivity index (χ2v) is 6.58. The number of nitrogens with one attached hydrogen (secondary N) is 1. The minimum Gasteiger partial charge on any atom is -0.366 e. The molecule has 0 aliphatic rings. The van der Waals surface area contributed by atoms with Gasteiger partial charge in [-0.15, -0.1) is 21.5 Å². The number of nitrogens with zero attached hydrogens (tertiary/aromatic N) is 2. The van der Waals surface area contributed by atoms with Crippen LogP contribution in [0.4, 0.5) is 5.82 Å². The third-order valence-corrected chi connectivity index (χ3v) is 4.53. The van der Waals surface area contributed by atoms with Crippen LogP contribution in [-0.4, -0.2) is 16.2 Å². The van der Waals surface area contributed by atoms with Gasteiger partial charge < -0.3 is 5.32 Å². The zero-order valence-electron chi connectivity index (χ0n) is 11.6. The molecule has 5 heteroatoms. The molecule has 0 radical (unpaired) electrons. The van der Waals surface area contributed by atoms with Crippen molar-refractivity contribution in [3.8, 4) is 0 Å². The van der Waals surface area contributed by atoms with Gasteiger partial charge >= 0.3 is 0 Å². The first-order valence-electron chi connectivity index (χ1n) is 6.28. The van der Waals surface area contributed by atoms with Crippen LogP contribution in [0.15, 0.2) is 12.1 Å². The third kappa shape index (κ3) is 3.45. The van der Waals surface area contributed by atoms with Crippen LogP contribution in [0.25, 0.3) is 0 Å². The highest BCUT2D eigenvalue weighted by Crippen LogP contribution is 2.22. The van der Waals surface area contributed by atoms with E-state index in [-0.39, 0.29) is 0 Å². The van der Waals surface area contributed by atoms with Crippen LogP contribution in [0.5, 0.6) is 0 Å². The van der Waals surface area contributed by atoms with E-state index < -0.39 is 0 Å². The van der Waals surface area contributed by atoms with Crippen molar-refractivity contribution >= 4 is 28.8 Å². The highest BCUT2D eigenvalue weighted by atomic mass is 35.5. The lowest BCUT2D eigenvalue weighted by Gasteiger charge is -2.16. The summed E-state index contributed by atoms with van der Waals surface area (Å²) in [6.07, 6.45) is 0.987. The van der Waals surface area contributed by atoms with Gasteiger partial charge in [-0.05, 0) is 51.0 Å². The molecule has 1 N–H and O–H groups in total. The van der Waals surface area contributed by atoms with Crippen LogP contribution in [-0.2, 0) is 6.42 Å². The fourth-order valence-corrected chi connectivity index (χ4v) is 3.09. The van der Waals surface area contributed by atoms with E-state index in [4.69, 9.17) is 11.6 Å². The predicted molar refractivity (Wildman–Crippen MR) is 82.4 cm³/mol. The van der Waals surface area contributed by atoms with E-state index in [1.807, 2.05) is 25.2 Å². The molecule has 0 aliphatic heterocycles. The maximum absolute atomic E-state index is 5.96. The van der Waals surface area contributed by atoms with Gasteiger partial charge in [-0.1, -0.05) is 11.6 Å². The summed E-state index contributed by atoms with van der Waals surface area (Å²) >= 11 is 7.79. The van der Waals surface area contributed by atoms with Crippen molar-refractivity contribution in [1.29, 1.82) is 0 Å². The Morgan fingerprint density at radius 3 is 2.58 bits per heavy atom. The maximum Gasteiger partial charge on any atom is 0.155 e. The fourth-order valence-electron chi connectivity index (χ4n) is 1.89. The van der Waals surface area contributed by atoms with E-state index in [2.05, 4.69) is 41.5 Å². The van der Waals surface area contributed by atoms with E-state index in [9.17, 15) is 0 Å². The van der Waals surface area contributed by atoms with Gasteiger partial charge in [0.1, 0.15) is 0 Å². The minimum absolute atomic E-state index is 0.312. The van der Waals surface area contributed by atoms with Crippen LogP contribution >= 0.6 is 22.9 Å². The largest absolute Gasteiger partial charge is 0.366 e. The summed E-state index contributed by atoms with van der Waals surface area (Å²) in [5, 5.41) is 12.0. The van der Waals surface area contributed by atoms with Gasteiger partial charge in [-0.2, -0.15) is 0 Å². The van der Waals surface area contributed by atoms with Crippen molar-refractivity contribution in [1.82, 2.24) is 10.2 Å². The molecule has 1 atom stereocenters. The zero-order valence-corrected chi connectivity index (χ0v) is 13.2. The van der Waals surface area contributed by atoms with Crippen molar-refractivity contribution in [2.45, 2.75) is 40.2 Å². The summed E-state index contributed by atoms with van der Waals surface area (Å²) in [5.41, 5.74) is 2.05. The van der Waals surface area contributed by atoms with Crippen LogP contribution < -0.4 is 5.32 Å². The lowest BCUT2D eigenvalue weighted by molar-refractivity contribution is 0.785. The molecule has 2 aromatic heterocycles. The summed E-state index contributed by atoms with van der Waals surface area (Å²) in [5.74, 6) is 0.822. The van der Waals surface area contributed by atoms with Gasteiger partial charge in [0.05, 0.1) is 0 Å². The van der Waals surface area contributed by atoms with Gasteiger partial charge in [0, 0.05) is 22.2 Å². The second-order valence-electron chi connectivity index (χ2n) is 4.85. The number of hydrogen-bond acceptors (Lipinski definition) is 4. The van der Waals surface area contributed by atoms with Crippen LogP contribution in [0.3, 0.4) is 0 Å². The zero-order chi connectivity index (χ0) is 14.0. The van der Waals surface area contributed by atoms with Gasteiger partial charge in [-0.25, -0.2) is 0 Å². The Kier molecular flexibility index (Phi) is 4.42. The molecule has 2 aromatic rings. The molecule has 0 amide bonds. The molecule has 0 fully saturated rings. The lowest BCUT2D eigenvalue weighted by atomic mass is 10.1. The molecular weight excluding hydrogens is 278 g/mol. The smallest absolute Gasteiger partial charge is 0.155 e. The number of anilines is 1. The SMILES string of the molecule is Cc1ccc(CC(C)Nc2nnc(Cl)c(C)c2C)s1. The third-order valence-electron chi connectivity index (χ3n) is 3.15. The van der Waals surface area contributed by atoms with Crippen LogP contribution in [0.2, 0.25) is 5.15 Å². The van der Waals surface area contributed by atoms with Crippen molar-refractivity contribution in [3.63, 3.8) is 0 Å². The molecule has 2 heterocycles. The average molecular weight is 296 g/mol. The average Bonchev–Trinajstić information content (AvgIpc) is 2.75. The molecule has 1 unspecified atom stereocenters. The first kappa shape index (κ1) is 14.3. The quantitative estimate of drug-likeness (QED) is 0.920. The fraction of sp³-hybridized carbons (Fsp3) is 0.429. The van der Waals surface area contributed by atoms with Crippen molar-refractivity contribution in [3.05, 3.63) is 38.2 Å². The number of aryl methyl sites for hydroxylation is 1. The molecule has 0 saturated carbocycles. The van der Waals surface area contributed by atoms with E-state index in [1.54, 1.807) is 0 Å². The Bertz CT molecular complexity index is 580. The highest BCUT2D eigenvalue weighted by molar-refractivity contribution is 7.11. The summed E-state index contributed by atoms with van der Waals surface area (Å²) in [4.78, 5) is 2.73. The van der Waals surface area contributed by atoms with Crippen molar-refractivity contribution in [2.24, 2.45) is 0 Å². The normalized spacial score (nSPS) is 12.5. The molecule has 0 aromatic carbocycles. The predicted octanol–water partition coefficient (Wildman–Crippen LogP) is 4.16. The van der Waals surface area contributed by atoms with E-state index in [0.717, 1.165) is 23.4 Å². The summed E-state index contributed by atoms with van der Waals surface area (Å²) < 4.78 is 0. The Labute approximate surface area is 123 Å². The molecule has 3 nitrogen and oxygen atoms in total. The van der Waals surface area contributed by atoms with Crippen LogP contribution in [0, 0.1) is 20.8 Å². The van der Waals surface area contributed by atoms with Gasteiger partial charge in [0.25, 0.3) is 0 Å². The number of rotatable bonds is 4. The van der Waals surface area contributed by atoms with Crippen molar-refractivity contribution in [2.75, 3.05) is 5.32 Å². The maximum atomic E-state index is 5.96. The minimum atomic E-state index is 0.312. The molecule has 0 aliphatic carbocycles. The van der Waals surface area contributed by atoms with Crippen molar-refractivity contribution < 1.29 is 0 Å². The summed E-state index contributed by atoms with van der Waals surface area (Å²) in [6.45, 7) is 8.26. The molecule has 0 spiro atoms. The van der Waals surface area contributed by atoms with E-state index in [1.165, 1.54) is 9.75 Å². The Balaban J connectivity index is 2.07. The first-order valence-corrected chi connectivity index (χ1v) is 7.48. The topological polar surface area (TPSA) is 37.8 Å². The Hall–Kier alpha value is -1.13. The number of hydrogen-bond donors (Lipinski definition) is 1. The molecule has 102 valence electrons. The summed E-state index contributed by atoms with van der Waals surface area (Å²) in [6, 6.07) is 4.65. The van der Waals surface area contributed by atoms with Gasteiger partial charge in [-0.3, -0.25) is 0 Å². The first-order chi connectivity index (χ1) is 8.97.